The Morgan fingerprint density at radius 1 is 1.11 bits per heavy atom. The molecule has 0 amide bonds. The van der Waals surface area contributed by atoms with Gasteiger partial charge >= 0.3 is 0 Å². The summed E-state index contributed by atoms with van der Waals surface area (Å²) in [5.41, 5.74) is -0.0101. The molecule has 0 fully saturated rings. The van der Waals surface area contributed by atoms with E-state index in [2.05, 4.69) is 0 Å². The molecule has 0 spiro atoms. The van der Waals surface area contributed by atoms with Crippen LogP contribution in [0.5, 0.6) is 11.5 Å². The SMILES string of the molecule is N#Cc1cc(Oc2ccc(C=O)cc2F)ccc1F. The van der Waals surface area contributed by atoms with Crippen molar-refractivity contribution in [2.45, 2.75) is 0 Å². The molecule has 0 N–H and O–H groups in total. The van der Waals surface area contributed by atoms with E-state index in [1.165, 1.54) is 24.3 Å². The van der Waals surface area contributed by atoms with Crippen LogP contribution in [0.15, 0.2) is 36.4 Å². The maximum absolute atomic E-state index is 13.6. The molecule has 0 aliphatic carbocycles. The first-order valence-electron chi connectivity index (χ1n) is 5.26. The standard InChI is InChI=1S/C14H7F2NO2/c15-12-3-2-11(6-10(12)7-17)19-14-4-1-9(8-18)5-13(14)16/h1-6,8H. The van der Waals surface area contributed by atoms with Crippen LogP contribution in [0.2, 0.25) is 0 Å². The van der Waals surface area contributed by atoms with Gasteiger partial charge in [-0.1, -0.05) is 0 Å². The lowest BCUT2D eigenvalue weighted by Gasteiger charge is -2.07. The van der Waals surface area contributed by atoms with Crippen LogP contribution >= 0.6 is 0 Å². The van der Waals surface area contributed by atoms with Crippen LogP contribution in [0.25, 0.3) is 0 Å². The van der Waals surface area contributed by atoms with Gasteiger partial charge in [0.2, 0.25) is 0 Å². The zero-order valence-corrected chi connectivity index (χ0v) is 9.56. The molecule has 19 heavy (non-hydrogen) atoms. The molecule has 0 radical (unpaired) electrons. The topological polar surface area (TPSA) is 50.1 Å². The maximum Gasteiger partial charge on any atom is 0.166 e. The van der Waals surface area contributed by atoms with Gasteiger partial charge in [-0.25, -0.2) is 8.78 Å². The molecule has 0 aliphatic rings. The predicted octanol–water partition coefficient (Wildman–Crippen LogP) is 3.44. The number of benzene rings is 2. The Morgan fingerprint density at radius 2 is 1.89 bits per heavy atom. The molecule has 94 valence electrons. The Balaban J connectivity index is 2.31. The molecular formula is C14H7F2NO2. The van der Waals surface area contributed by atoms with E-state index in [0.717, 1.165) is 12.1 Å². The Labute approximate surface area is 107 Å². The maximum atomic E-state index is 13.6. The molecule has 0 heterocycles. The van der Waals surface area contributed by atoms with Gasteiger partial charge in [0.15, 0.2) is 11.6 Å². The summed E-state index contributed by atoms with van der Waals surface area (Å²) in [5, 5.41) is 8.67. The molecule has 2 aromatic carbocycles. The van der Waals surface area contributed by atoms with Crippen molar-refractivity contribution in [1.29, 1.82) is 5.26 Å². The Bertz CT molecular complexity index is 678. The normalized spacial score (nSPS) is 9.74. The predicted molar refractivity (Wildman–Crippen MR) is 63.0 cm³/mol. The van der Waals surface area contributed by atoms with Gasteiger partial charge in [0.05, 0.1) is 5.56 Å². The van der Waals surface area contributed by atoms with Gasteiger partial charge in [-0.2, -0.15) is 5.26 Å². The number of carbonyl (C=O) groups is 1. The second-order valence-electron chi connectivity index (χ2n) is 3.66. The Kier molecular flexibility index (Phi) is 3.53. The fourth-order valence-electron chi connectivity index (χ4n) is 1.45. The highest BCUT2D eigenvalue weighted by Gasteiger charge is 2.08. The van der Waals surface area contributed by atoms with E-state index in [-0.39, 0.29) is 22.6 Å². The smallest absolute Gasteiger partial charge is 0.166 e. The molecule has 2 aromatic rings. The van der Waals surface area contributed by atoms with Crippen molar-refractivity contribution >= 4 is 6.29 Å². The fourth-order valence-corrected chi connectivity index (χ4v) is 1.45. The van der Waals surface area contributed by atoms with Crippen LogP contribution in [-0.4, -0.2) is 6.29 Å². The zero-order valence-electron chi connectivity index (χ0n) is 9.56. The zero-order chi connectivity index (χ0) is 13.8. The Morgan fingerprint density at radius 3 is 2.53 bits per heavy atom. The number of nitrogens with zero attached hydrogens (tertiary/aromatic N) is 1. The van der Waals surface area contributed by atoms with Gasteiger partial charge in [0.25, 0.3) is 0 Å². The lowest BCUT2D eigenvalue weighted by molar-refractivity contribution is 0.112. The highest BCUT2D eigenvalue weighted by atomic mass is 19.1. The average molecular weight is 259 g/mol. The highest BCUT2D eigenvalue weighted by molar-refractivity contribution is 5.75. The van der Waals surface area contributed by atoms with Crippen molar-refractivity contribution in [1.82, 2.24) is 0 Å². The number of rotatable bonds is 3. The van der Waals surface area contributed by atoms with Gasteiger partial charge in [-0.15, -0.1) is 0 Å². The molecule has 0 aromatic heterocycles. The van der Waals surface area contributed by atoms with Crippen LogP contribution in [0.4, 0.5) is 8.78 Å². The molecule has 2 rings (SSSR count). The van der Waals surface area contributed by atoms with Crippen molar-refractivity contribution in [3.63, 3.8) is 0 Å². The van der Waals surface area contributed by atoms with E-state index < -0.39 is 11.6 Å². The van der Waals surface area contributed by atoms with Crippen LogP contribution < -0.4 is 4.74 Å². The van der Waals surface area contributed by atoms with Crippen LogP contribution in [0.1, 0.15) is 15.9 Å². The summed E-state index contributed by atoms with van der Waals surface area (Å²) < 4.78 is 31.9. The van der Waals surface area contributed by atoms with Crippen LogP contribution in [-0.2, 0) is 0 Å². The van der Waals surface area contributed by atoms with E-state index in [1.54, 1.807) is 6.07 Å². The molecule has 0 saturated heterocycles. The van der Waals surface area contributed by atoms with Crippen molar-refractivity contribution in [3.8, 4) is 17.6 Å². The minimum atomic E-state index is -0.715. The van der Waals surface area contributed by atoms with E-state index in [9.17, 15) is 13.6 Å². The van der Waals surface area contributed by atoms with Gasteiger partial charge in [-0.05, 0) is 30.3 Å². The lowest BCUT2D eigenvalue weighted by atomic mass is 10.2. The first-order chi connectivity index (χ1) is 9.13. The highest BCUT2D eigenvalue weighted by Crippen LogP contribution is 2.26. The van der Waals surface area contributed by atoms with Crippen LogP contribution in [0, 0.1) is 23.0 Å². The molecule has 0 unspecified atom stereocenters. The van der Waals surface area contributed by atoms with Crippen molar-refractivity contribution in [3.05, 3.63) is 59.2 Å². The van der Waals surface area contributed by atoms with Crippen molar-refractivity contribution in [2.75, 3.05) is 0 Å². The lowest BCUT2D eigenvalue weighted by Crippen LogP contribution is -1.92. The molecule has 5 heteroatoms. The molecule has 0 atom stereocenters. The van der Waals surface area contributed by atoms with E-state index in [1.807, 2.05) is 0 Å². The second-order valence-corrected chi connectivity index (χ2v) is 3.66. The minimum Gasteiger partial charge on any atom is -0.454 e. The average Bonchev–Trinajstić information content (AvgIpc) is 2.43. The monoisotopic (exact) mass is 259 g/mol. The van der Waals surface area contributed by atoms with E-state index >= 15 is 0 Å². The number of aldehydes is 1. The van der Waals surface area contributed by atoms with Gasteiger partial charge < -0.3 is 4.74 Å². The number of halogens is 2. The number of hydrogen-bond acceptors (Lipinski definition) is 3. The van der Waals surface area contributed by atoms with Crippen molar-refractivity contribution < 1.29 is 18.3 Å². The third-order valence-corrected chi connectivity index (χ3v) is 2.38. The summed E-state index contributed by atoms with van der Waals surface area (Å²) in [7, 11) is 0. The van der Waals surface area contributed by atoms with Gasteiger partial charge in [0, 0.05) is 11.6 Å². The fraction of sp³-hybridized carbons (Fsp3) is 0. The quantitative estimate of drug-likeness (QED) is 0.793. The molecule has 0 saturated carbocycles. The number of ether oxygens (including phenoxy) is 1. The second kappa shape index (κ2) is 5.27. The summed E-state index contributed by atoms with van der Waals surface area (Å²) in [5.74, 6) is -1.36. The molecular weight excluding hydrogens is 252 g/mol. The van der Waals surface area contributed by atoms with Gasteiger partial charge in [-0.3, -0.25) is 4.79 Å². The van der Waals surface area contributed by atoms with Crippen LogP contribution in [0.3, 0.4) is 0 Å². The first-order valence-corrected chi connectivity index (χ1v) is 5.26. The van der Waals surface area contributed by atoms with Crippen molar-refractivity contribution in [2.24, 2.45) is 0 Å². The minimum absolute atomic E-state index is 0.110. The molecule has 0 aliphatic heterocycles. The summed E-state index contributed by atoms with van der Waals surface area (Å²) in [6, 6.07) is 8.87. The third-order valence-electron chi connectivity index (χ3n) is 2.38. The largest absolute Gasteiger partial charge is 0.454 e. The summed E-state index contributed by atoms with van der Waals surface area (Å²) in [6.07, 6.45) is 0.512. The number of nitriles is 1. The number of hydrogen-bond donors (Lipinski definition) is 0. The van der Waals surface area contributed by atoms with Gasteiger partial charge in [0.1, 0.15) is 23.9 Å². The summed E-state index contributed by atoms with van der Waals surface area (Å²) >= 11 is 0. The summed E-state index contributed by atoms with van der Waals surface area (Å²) in [6.45, 7) is 0. The summed E-state index contributed by atoms with van der Waals surface area (Å²) in [4.78, 5) is 10.5. The Hall–Kier alpha value is -2.74. The van der Waals surface area contributed by atoms with E-state index in [0.29, 0.717) is 6.29 Å². The first kappa shape index (κ1) is 12.7. The molecule has 0 bridgehead atoms. The third kappa shape index (κ3) is 2.75. The number of carbonyl (C=O) groups excluding carboxylic acids is 1. The van der Waals surface area contributed by atoms with E-state index in [4.69, 9.17) is 10.00 Å². The molecule has 3 nitrogen and oxygen atoms in total.